The van der Waals surface area contributed by atoms with Crippen molar-refractivity contribution < 1.29 is 17.9 Å². The first-order chi connectivity index (χ1) is 15.0. The molecule has 0 aliphatic carbocycles. The lowest BCUT2D eigenvalue weighted by Crippen LogP contribution is -2.43. The SMILES string of the molecule is CCc1nncn1CCNC(=NCc1cccc(C(F)(F)F)c1)NCC1CCCCO1.I. The van der Waals surface area contributed by atoms with E-state index in [9.17, 15) is 13.2 Å². The Balaban J connectivity index is 0.00000363. The lowest BCUT2D eigenvalue weighted by molar-refractivity contribution is -0.137. The molecule has 0 bridgehead atoms. The van der Waals surface area contributed by atoms with E-state index < -0.39 is 11.7 Å². The zero-order valence-corrected chi connectivity index (χ0v) is 20.4. The first-order valence-corrected chi connectivity index (χ1v) is 10.6. The van der Waals surface area contributed by atoms with Crippen molar-refractivity contribution in [3.05, 3.63) is 47.5 Å². The minimum absolute atomic E-state index is 0. The van der Waals surface area contributed by atoms with E-state index in [1.54, 1.807) is 12.4 Å². The lowest BCUT2D eigenvalue weighted by atomic mass is 10.1. The number of hydrogen-bond donors (Lipinski definition) is 2. The van der Waals surface area contributed by atoms with Crippen molar-refractivity contribution in [3.8, 4) is 0 Å². The second-order valence-electron chi connectivity index (χ2n) is 7.45. The Kier molecular flexibility index (Phi) is 10.7. The van der Waals surface area contributed by atoms with Crippen LogP contribution in [-0.4, -0.2) is 46.5 Å². The fourth-order valence-electron chi connectivity index (χ4n) is 3.40. The molecule has 1 aliphatic heterocycles. The normalized spacial score (nSPS) is 17.0. The predicted molar refractivity (Wildman–Crippen MR) is 127 cm³/mol. The van der Waals surface area contributed by atoms with Gasteiger partial charge < -0.3 is 19.9 Å². The predicted octanol–water partition coefficient (Wildman–Crippen LogP) is 3.78. The van der Waals surface area contributed by atoms with E-state index in [-0.39, 0.29) is 36.6 Å². The standard InChI is InChI=1S/C21H29F3N6O.HI/c1-2-19-29-28-15-30(19)10-9-25-20(27-14-18-8-3-4-11-31-18)26-13-16-6-5-7-17(12-16)21(22,23)24;/h5-7,12,15,18H,2-4,8-11,13-14H2,1H3,(H2,25,26,27);1H. The molecule has 178 valence electrons. The number of ether oxygens (including phenoxy) is 1. The van der Waals surface area contributed by atoms with E-state index >= 15 is 0 Å². The maximum absolute atomic E-state index is 13.0. The summed E-state index contributed by atoms with van der Waals surface area (Å²) >= 11 is 0. The summed E-state index contributed by atoms with van der Waals surface area (Å²) in [6.45, 7) is 4.73. The molecule has 2 heterocycles. The molecule has 0 spiro atoms. The van der Waals surface area contributed by atoms with Gasteiger partial charge in [0.15, 0.2) is 5.96 Å². The second-order valence-corrected chi connectivity index (χ2v) is 7.45. The van der Waals surface area contributed by atoms with Crippen LogP contribution < -0.4 is 10.6 Å². The second kappa shape index (κ2) is 13.0. The maximum atomic E-state index is 13.0. The molecule has 0 saturated carbocycles. The summed E-state index contributed by atoms with van der Waals surface area (Å²) < 4.78 is 46.6. The third-order valence-corrected chi connectivity index (χ3v) is 5.10. The van der Waals surface area contributed by atoms with Crippen LogP contribution in [0.1, 0.15) is 43.1 Å². The highest BCUT2D eigenvalue weighted by atomic mass is 127. The Hall–Kier alpha value is -1.89. The number of alkyl halides is 3. The smallest absolute Gasteiger partial charge is 0.376 e. The molecule has 32 heavy (non-hydrogen) atoms. The van der Waals surface area contributed by atoms with Crippen LogP contribution in [0.4, 0.5) is 13.2 Å². The molecule has 2 aromatic rings. The van der Waals surface area contributed by atoms with Crippen LogP contribution in [0, 0.1) is 0 Å². The Morgan fingerprint density at radius 2 is 2.12 bits per heavy atom. The van der Waals surface area contributed by atoms with Crippen molar-refractivity contribution in [3.63, 3.8) is 0 Å². The highest BCUT2D eigenvalue weighted by Crippen LogP contribution is 2.29. The molecule has 11 heteroatoms. The van der Waals surface area contributed by atoms with Gasteiger partial charge in [0.25, 0.3) is 0 Å². The Morgan fingerprint density at radius 3 is 2.84 bits per heavy atom. The van der Waals surface area contributed by atoms with E-state index in [0.717, 1.165) is 50.2 Å². The lowest BCUT2D eigenvalue weighted by Gasteiger charge is -2.24. The molecule has 1 aromatic heterocycles. The van der Waals surface area contributed by atoms with Crippen LogP contribution in [0.15, 0.2) is 35.6 Å². The summed E-state index contributed by atoms with van der Waals surface area (Å²) in [5.74, 6) is 1.44. The summed E-state index contributed by atoms with van der Waals surface area (Å²) in [6, 6.07) is 5.25. The number of hydrogen-bond acceptors (Lipinski definition) is 4. The fraction of sp³-hybridized carbons (Fsp3) is 0.571. The molecule has 1 aliphatic rings. The quantitative estimate of drug-likeness (QED) is 0.289. The highest BCUT2D eigenvalue weighted by Gasteiger charge is 2.30. The molecule has 1 unspecified atom stereocenters. The molecule has 1 aromatic carbocycles. The van der Waals surface area contributed by atoms with Gasteiger partial charge in [-0.15, -0.1) is 34.2 Å². The molecule has 3 rings (SSSR count). The highest BCUT2D eigenvalue weighted by molar-refractivity contribution is 14.0. The van der Waals surface area contributed by atoms with Crippen LogP contribution in [0.5, 0.6) is 0 Å². The number of aryl methyl sites for hydroxylation is 1. The van der Waals surface area contributed by atoms with Gasteiger partial charge in [-0.25, -0.2) is 4.99 Å². The number of halogens is 4. The van der Waals surface area contributed by atoms with E-state index in [1.165, 1.54) is 6.07 Å². The van der Waals surface area contributed by atoms with Crippen LogP contribution in [0.2, 0.25) is 0 Å². The van der Waals surface area contributed by atoms with Crippen molar-refractivity contribution >= 4 is 29.9 Å². The van der Waals surface area contributed by atoms with Crippen molar-refractivity contribution in [2.45, 2.75) is 58.0 Å². The van der Waals surface area contributed by atoms with Crippen molar-refractivity contribution in [2.24, 2.45) is 4.99 Å². The molecule has 0 amide bonds. The zero-order valence-electron chi connectivity index (χ0n) is 18.1. The third kappa shape index (κ3) is 8.23. The van der Waals surface area contributed by atoms with Gasteiger partial charge in [-0.2, -0.15) is 13.2 Å². The van der Waals surface area contributed by atoms with Crippen molar-refractivity contribution in [1.82, 2.24) is 25.4 Å². The number of aromatic nitrogens is 3. The molecule has 2 N–H and O–H groups in total. The maximum Gasteiger partial charge on any atom is 0.416 e. The molecule has 1 fully saturated rings. The average Bonchev–Trinajstić information content (AvgIpc) is 3.23. The van der Waals surface area contributed by atoms with Gasteiger partial charge in [0.05, 0.1) is 18.2 Å². The van der Waals surface area contributed by atoms with Crippen LogP contribution >= 0.6 is 24.0 Å². The third-order valence-electron chi connectivity index (χ3n) is 5.10. The van der Waals surface area contributed by atoms with Crippen LogP contribution in [-0.2, 0) is 30.4 Å². The zero-order chi connectivity index (χ0) is 22.1. The van der Waals surface area contributed by atoms with Gasteiger partial charge in [0.2, 0.25) is 0 Å². The fourth-order valence-corrected chi connectivity index (χ4v) is 3.40. The molecule has 7 nitrogen and oxygen atoms in total. The number of nitrogens with zero attached hydrogens (tertiary/aromatic N) is 4. The number of benzene rings is 1. The van der Waals surface area contributed by atoms with Crippen LogP contribution in [0.25, 0.3) is 0 Å². The minimum Gasteiger partial charge on any atom is -0.376 e. The van der Waals surface area contributed by atoms with Crippen LogP contribution in [0.3, 0.4) is 0 Å². The molecular formula is C21H30F3IN6O. The van der Waals surface area contributed by atoms with E-state index in [4.69, 9.17) is 4.74 Å². The Morgan fingerprint density at radius 1 is 1.28 bits per heavy atom. The molecule has 0 radical (unpaired) electrons. The summed E-state index contributed by atoms with van der Waals surface area (Å²) in [4.78, 5) is 4.49. The van der Waals surface area contributed by atoms with Gasteiger partial charge >= 0.3 is 6.18 Å². The minimum atomic E-state index is -4.37. The summed E-state index contributed by atoms with van der Waals surface area (Å²) in [6.07, 6.45) is 1.39. The van der Waals surface area contributed by atoms with Gasteiger partial charge in [0, 0.05) is 32.7 Å². The van der Waals surface area contributed by atoms with E-state index in [1.807, 2.05) is 11.5 Å². The van der Waals surface area contributed by atoms with Gasteiger partial charge in [-0.1, -0.05) is 19.1 Å². The molecule has 1 saturated heterocycles. The van der Waals surface area contributed by atoms with Gasteiger partial charge in [0.1, 0.15) is 12.2 Å². The first-order valence-electron chi connectivity index (χ1n) is 10.6. The van der Waals surface area contributed by atoms with Crippen molar-refractivity contribution in [1.29, 1.82) is 0 Å². The first kappa shape index (κ1) is 26.4. The van der Waals surface area contributed by atoms with E-state index in [0.29, 0.717) is 31.2 Å². The summed E-state index contributed by atoms with van der Waals surface area (Å²) in [7, 11) is 0. The number of guanidine groups is 1. The van der Waals surface area contributed by atoms with E-state index in [2.05, 4.69) is 25.8 Å². The average molecular weight is 566 g/mol. The van der Waals surface area contributed by atoms with Gasteiger partial charge in [-0.3, -0.25) is 0 Å². The largest absolute Gasteiger partial charge is 0.416 e. The topological polar surface area (TPSA) is 76.4 Å². The number of aliphatic imine (C=N–C) groups is 1. The number of rotatable bonds is 8. The Labute approximate surface area is 203 Å². The Bertz CT molecular complexity index is 852. The molecular weight excluding hydrogens is 536 g/mol. The molecule has 1 atom stereocenters. The summed E-state index contributed by atoms with van der Waals surface area (Å²) in [5.41, 5.74) is -0.171. The summed E-state index contributed by atoms with van der Waals surface area (Å²) in [5, 5.41) is 14.5. The monoisotopic (exact) mass is 566 g/mol. The number of nitrogens with one attached hydrogen (secondary N) is 2. The van der Waals surface area contributed by atoms with Crippen molar-refractivity contribution in [2.75, 3.05) is 19.7 Å². The van der Waals surface area contributed by atoms with Gasteiger partial charge in [-0.05, 0) is 37.0 Å².